The molecule has 0 spiro atoms. The maximum Gasteiger partial charge on any atom is 0.306 e. The molecule has 0 aromatic rings. The highest BCUT2D eigenvalue weighted by atomic mass is 32.2. The Morgan fingerprint density at radius 1 is 0.586 bits per heavy atom. The Kier molecular flexibility index (Phi) is 33.1. The van der Waals surface area contributed by atoms with Crippen molar-refractivity contribution in [2.24, 2.45) is 0 Å². The van der Waals surface area contributed by atoms with Crippen LogP contribution in [0.15, 0.2) is 36.5 Å². The molecule has 12 nitrogen and oxygen atoms in total. The highest BCUT2D eigenvalue weighted by Crippen LogP contribution is 2.24. The lowest BCUT2D eigenvalue weighted by molar-refractivity contribution is -0.297. The summed E-state index contributed by atoms with van der Waals surface area (Å²) in [4.78, 5) is 25.4. The highest BCUT2D eigenvalue weighted by Gasteiger charge is 2.46. The van der Waals surface area contributed by atoms with Crippen molar-refractivity contribution in [3.05, 3.63) is 36.5 Å². The molecule has 1 aliphatic rings. The molecule has 1 aliphatic heterocycles. The molecule has 0 radical (unpaired) electrons. The second-order valence-electron chi connectivity index (χ2n) is 15.7. The van der Waals surface area contributed by atoms with E-state index in [1.54, 1.807) is 0 Å². The molecule has 1 heterocycles. The van der Waals surface area contributed by atoms with Gasteiger partial charge in [0.15, 0.2) is 12.4 Å². The number of allylic oxidation sites excluding steroid dienone is 6. The summed E-state index contributed by atoms with van der Waals surface area (Å²) in [5.74, 6) is -2.05. The van der Waals surface area contributed by atoms with Crippen LogP contribution in [0.4, 0.5) is 0 Å². The lowest BCUT2D eigenvalue weighted by Crippen LogP contribution is -2.60. The summed E-state index contributed by atoms with van der Waals surface area (Å²) in [6.07, 6.45) is 30.6. The Morgan fingerprint density at radius 3 is 1.53 bits per heavy atom. The number of aliphatic hydroxyl groups is 3. The SMILES string of the molecule is CCCCCCCC/C=C/C/C=C/CCCCC(=O)O[C@H](COC(=O)CCCC/C=C/CCCCCCCCCCC)CO[C@H]1O[C@H](CS(=O)(=O)O)[C@@H](O)C(O)C1O. The molecule has 0 aromatic heterocycles. The van der Waals surface area contributed by atoms with Crippen LogP contribution in [-0.4, -0.2) is 96.0 Å². The van der Waals surface area contributed by atoms with Crippen molar-refractivity contribution < 1.29 is 56.8 Å². The fraction of sp³-hybridized carbons (Fsp3) is 0.822. The van der Waals surface area contributed by atoms with E-state index in [9.17, 15) is 37.9 Å². The quantitative estimate of drug-likeness (QED) is 0.0202. The first-order chi connectivity index (χ1) is 28.0. The van der Waals surface area contributed by atoms with E-state index in [-0.39, 0.29) is 19.4 Å². The predicted octanol–water partition coefficient (Wildman–Crippen LogP) is 9.00. The van der Waals surface area contributed by atoms with Crippen molar-refractivity contribution in [2.45, 2.75) is 218 Å². The molecular weight excluding hydrogens is 765 g/mol. The minimum absolute atomic E-state index is 0.118. The van der Waals surface area contributed by atoms with E-state index in [0.29, 0.717) is 12.8 Å². The lowest BCUT2D eigenvalue weighted by Gasteiger charge is -2.40. The molecule has 13 heteroatoms. The Morgan fingerprint density at radius 2 is 1.03 bits per heavy atom. The molecule has 58 heavy (non-hydrogen) atoms. The van der Waals surface area contributed by atoms with Gasteiger partial charge in [-0.15, -0.1) is 0 Å². The van der Waals surface area contributed by atoms with Crippen LogP contribution >= 0.6 is 0 Å². The van der Waals surface area contributed by atoms with Gasteiger partial charge in [0.05, 0.1) is 6.61 Å². The Bertz CT molecular complexity index is 1220. The minimum Gasteiger partial charge on any atom is -0.462 e. The molecule has 0 bridgehead atoms. The van der Waals surface area contributed by atoms with Crippen molar-refractivity contribution in [1.82, 2.24) is 0 Å². The Labute approximate surface area is 351 Å². The molecule has 0 amide bonds. The van der Waals surface area contributed by atoms with E-state index < -0.39 is 71.2 Å². The summed E-state index contributed by atoms with van der Waals surface area (Å²) in [5, 5.41) is 30.8. The van der Waals surface area contributed by atoms with E-state index in [2.05, 4.69) is 50.3 Å². The number of aliphatic hydroxyl groups excluding tert-OH is 3. The van der Waals surface area contributed by atoms with Crippen LogP contribution < -0.4 is 0 Å². The third-order valence-electron chi connectivity index (χ3n) is 10.2. The van der Waals surface area contributed by atoms with Gasteiger partial charge in [0.2, 0.25) is 0 Å². The van der Waals surface area contributed by atoms with Crippen LogP contribution in [0.1, 0.15) is 181 Å². The molecule has 0 saturated carbocycles. The van der Waals surface area contributed by atoms with Crippen LogP contribution in [0.2, 0.25) is 0 Å². The van der Waals surface area contributed by atoms with Crippen molar-refractivity contribution in [3.63, 3.8) is 0 Å². The average Bonchev–Trinajstić information content (AvgIpc) is 3.18. The summed E-state index contributed by atoms with van der Waals surface area (Å²) in [5.41, 5.74) is 0. The van der Waals surface area contributed by atoms with E-state index in [4.69, 9.17) is 18.9 Å². The van der Waals surface area contributed by atoms with Gasteiger partial charge in [-0.3, -0.25) is 14.1 Å². The van der Waals surface area contributed by atoms with Gasteiger partial charge < -0.3 is 34.3 Å². The summed E-state index contributed by atoms with van der Waals surface area (Å²) in [6, 6.07) is 0. The van der Waals surface area contributed by atoms with Gasteiger partial charge in [0.1, 0.15) is 36.8 Å². The lowest BCUT2D eigenvalue weighted by atomic mass is 10.00. The molecule has 0 aromatic carbocycles. The van der Waals surface area contributed by atoms with Crippen molar-refractivity contribution >= 4 is 22.1 Å². The van der Waals surface area contributed by atoms with Gasteiger partial charge in [-0.25, -0.2) is 0 Å². The number of carbonyl (C=O) groups is 2. The van der Waals surface area contributed by atoms with Gasteiger partial charge >= 0.3 is 11.9 Å². The smallest absolute Gasteiger partial charge is 0.306 e. The molecular formula is C45H80O12S. The van der Waals surface area contributed by atoms with Crippen LogP contribution in [0, 0.1) is 0 Å². The van der Waals surface area contributed by atoms with Crippen molar-refractivity contribution in [2.75, 3.05) is 19.0 Å². The van der Waals surface area contributed by atoms with Crippen molar-refractivity contribution in [3.8, 4) is 0 Å². The van der Waals surface area contributed by atoms with E-state index in [0.717, 1.165) is 44.9 Å². The monoisotopic (exact) mass is 845 g/mol. The predicted molar refractivity (Wildman–Crippen MR) is 229 cm³/mol. The molecule has 0 aliphatic carbocycles. The number of ether oxygens (including phenoxy) is 4. The van der Waals surface area contributed by atoms with Gasteiger partial charge in [-0.1, -0.05) is 134 Å². The number of hydrogen-bond acceptors (Lipinski definition) is 11. The largest absolute Gasteiger partial charge is 0.462 e. The molecule has 4 N–H and O–H groups in total. The zero-order chi connectivity index (χ0) is 42.7. The van der Waals surface area contributed by atoms with Crippen molar-refractivity contribution in [1.29, 1.82) is 0 Å². The topological polar surface area (TPSA) is 186 Å². The summed E-state index contributed by atoms with van der Waals surface area (Å²) < 4.78 is 54.0. The number of carbonyl (C=O) groups excluding carboxylic acids is 2. The number of unbranched alkanes of at least 4 members (excludes halogenated alkanes) is 19. The normalized spacial score (nSPS) is 20.7. The van der Waals surface area contributed by atoms with Gasteiger partial charge in [-0.05, 0) is 70.6 Å². The summed E-state index contributed by atoms with van der Waals surface area (Å²) in [6.45, 7) is 3.70. The first-order valence-corrected chi connectivity index (χ1v) is 24.2. The molecule has 1 saturated heterocycles. The van der Waals surface area contributed by atoms with Crippen LogP contribution in [0.5, 0.6) is 0 Å². The zero-order valence-corrected chi connectivity index (χ0v) is 36.7. The van der Waals surface area contributed by atoms with Gasteiger partial charge in [0, 0.05) is 12.8 Å². The molecule has 1 rings (SSSR count). The van der Waals surface area contributed by atoms with E-state index in [1.807, 2.05) is 0 Å². The van der Waals surface area contributed by atoms with E-state index >= 15 is 0 Å². The summed E-state index contributed by atoms with van der Waals surface area (Å²) in [7, 11) is -4.61. The Balaban J connectivity index is 2.49. The van der Waals surface area contributed by atoms with Crippen LogP contribution in [0.25, 0.3) is 0 Å². The maximum absolute atomic E-state index is 12.8. The standard InChI is InChI=1S/C45H80O12S/c1-3-5-7-9-11-13-15-17-19-21-23-25-27-29-31-33-40(46)54-35-38(36-55-45-44(50)43(49)42(48)39(57-45)37-58(51,52)53)56-41(47)34-32-30-28-26-24-22-20-18-16-14-12-10-8-6-4-2/h18,20,23-26,38-39,42-45,48-50H,3-17,19,21-22,27-37H2,1-2H3,(H,51,52,53)/b20-18+,25-23+,26-24+/t38-,39-,42-,43?,44?,45+/m1/s1. The molecule has 338 valence electrons. The minimum atomic E-state index is -4.61. The fourth-order valence-electron chi connectivity index (χ4n) is 6.64. The molecule has 6 atom stereocenters. The van der Waals surface area contributed by atoms with Crippen LogP contribution in [-0.2, 0) is 38.7 Å². The average molecular weight is 845 g/mol. The van der Waals surface area contributed by atoms with E-state index in [1.165, 1.54) is 96.3 Å². The summed E-state index contributed by atoms with van der Waals surface area (Å²) >= 11 is 0. The molecule has 1 fully saturated rings. The highest BCUT2D eigenvalue weighted by molar-refractivity contribution is 7.85. The number of rotatable bonds is 37. The first-order valence-electron chi connectivity index (χ1n) is 22.5. The third-order valence-corrected chi connectivity index (χ3v) is 10.9. The van der Waals surface area contributed by atoms with Gasteiger partial charge in [0.25, 0.3) is 10.1 Å². The fourth-order valence-corrected chi connectivity index (χ4v) is 7.33. The maximum atomic E-state index is 12.8. The first kappa shape index (κ1) is 53.9. The van der Waals surface area contributed by atoms with Crippen LogP contribution in [0.3, 0.4) is 0 Å². The zero-order valence-electron chi connectivity index (χ0n) is 35.9. The number of hydrogen-bond donors (Lipinski definition) is 4. The Hall–Kier alpha value is -2.13. The number of esters is 2. The second-order valence-corrected chi connectivity index (χ2v) is 17.2. The third kappa shape index (κ3) is 30.0. The second kappa shape index (κ2) is 35.6. The molecule has 2 unspecified atom stereocenters. The van der Waals surface area contributed by atoms with Gasteiger partial charge in [-0.2, -0.15) is 8.42 Å².